The van der Waals surface area contributed by atoms with E-state index < -0.39 is 131 Å². The van der Waals surface area contributed by atoms with Crippen molar-refractivity contribution >= 4 is 70.7 Å². The number of carbonyl (C=O) groups is 11. The minimum Gasteiger partial charge on any atom is -0.343 e. The van der Waals surface area contributed by atoms with E-state index in [1.165, 1.54) is 9.80 Å². The summed E-state index contributed by atoms with van der Waals surface area (Å²) in [5.41, 5.74) is 14.5. The number of anilines is 1. The summed E-state index contributed by atoms with van der Waals surface area (Å²) in [6, 6.07) is 12.8. The standard InChI is InChI=1S/C68H99N13O11/c1-40(2)35-50-61(85)76-52(37-44-19-11-9-12-20-44)67(91)80-33-17-25-54(80)63(87)78-57(42(5)6)65(89)73-49(24-16-32-70)60(84)75-51(36-41(3)4)62(86)77-53(38-46-27-29-47(30-28-46)71-56(82)39-45-21-13-10-14-22-45)68(92)81-34-18-26-55(81)64(88)79-58(43(7)8)66(90)72-48(23-15-31-69)59(83)74-50/h9-14,19-22,27-30,40-43,48-55,57-58H,15-18,23-26,31-39,69-70H2,1-8H3,(H,71,82)(H,72,90)(H,73,89)(H,74,83)(H,75,84)(H,76,85)(H,77,86)(H,78,87)(H,79,88)/t48-,49-,50-,51-,52-,53-,54-,55-,57-,58-/m0/s1. The molecule has 0 aromatic heterocycles. The summed E-state index contributed by atoms with van der Waals surface area (Å²) in [7, 11) is 0. The monoisotopic (exact) mass is 1270 g/mol. The predicted octanol–water partition coefficient (Wildman–Crippen LogP) is 2.41. The van der Waals surface area contributed by atoms with E-state index in [-0.39, 0.29) is 115 Å². The van der Waals surface area contributed by atoms with Gasteiger partial charge in [0.05, 0.1) is 6.42 Å². The third-order valence-corrected chi connectivity index (χ3v) is 16.9. The Labute approximate surface area is 541 Å². The highest BCUT2D eigenvalue weighted by molar-refractivity contribution is 6.00. The number of carbonyl (C=O) groups excluding carboxylic acids is 11. The van der Waals surface area contributed by atoms with E-state index in [1.807, 2.05) is 64.1 Å². The Hall–Kier alpha value is -8.25. The van der Waals surface area contributed by atoms with Gasteiger partial charge in [0, 0.05) is 31.6 Å². The van der Waals surface area contributed by atoms with E-state index in [1.54, 1.807) is 76.2 Å². The lowest BCUT2D eigenvalue weighted by atomic mass is 9.98. The van der Waals surface area contributed by atoms with Crippen molar-refractivity contribution in [2.75, 3.05) is 31.5 Å². The quantitative estimate of drug-likeness (QED) is 0.0823. The van der Waals surface area contributed by atoms with Crippen molar-refractivity contribution < 1.29 is 52.7 Å². The molecule has 3 fully saturated rings. The van der Waals surface area contributed by atoms with E-state index in [0.717, 1.165) is 5.56 Å². The zero-order chi connectivity index (χ0) is 67.2. The van der Waals surface area contributed by atoms with Crippen LogP contribution in [0.15, 0.2) is 84.9 Å². The maximum Gasteiger partial charge on any atom is 0.246 e. The van der Waals surface area contributed by atoms with Crippen LogP contribution in [0.4, 0.5) is 5.69 Å². The topological polar surface area (TPSA) is 355 Å². The second kappa shape index (κ2) is 35.5. The first-order valence-electron chi connectivity index (χ1n) is 32.8. The summed E-state index contributed by atoms with van der Waals surface area (Å²) >= 11 is 0. The average Bonchev–Trinajstić information content (AvgIpc) is 1.59. The Balaban J connectivity index is 1.39. The maximum absolute atomic E-state index is 15.2. The number of rotatable bonds is 19. The van der Waals surface area contributed by atoms with Gasteiger partial charge in [0.25, 0.3) is 0 Å². The third kappa shape index (κ3) is 21.4. The summed E-state index contributed by atoms with van der Waals surface area (Å²) in [6.07, 6.45) is 2.14. The molecule has 13 N–H and O–H groups in total. The van der Waals surface area contributed by atoms with Crippen molar-refractivity contribution in [1.29, 1.82) is 0 Å². The molecule has 10 atom stereocenters. The number of nitrogens with one attached hydrogen (secondary N) is 9. The van der Waals surface area contributed by atoms with Gasteiger partial charge >= 0.3 is 0 Å². The summed E-state index contributed by atoms with van der Waals surface area (Å²) < 4.78 is 0. The van der Waals surface area contributed by atoms with Crippen LogP contribution in [0.25, 0.3) is 0 Å². The summed E-state index contributed by atoms with van der Waals surface area (Å²) in [4.78, 5) is 163. The Bertz CT molecular complexity index is 3000. The SMILES string of the molecule is CC(C)C[C@@H]1NC(=O)[C@H](CCCN)NC(=O)[C@H](C(C)C)NC(=O)[C@@H]2CCCN2C(=O)[C@H](Cc2ccccc2)NC(=O)[C@H](CC(C)C)NC(=O)[C@H](CCCN)NC(=O)[C@H](C(C)C)NC(=O)[C@@H]2CCCN2C(=O)[C@H](Cc2ccc(NC(=O)Cc3ccccc3)cc2)NC1=O. The smallest absolute Gasteiger partial charge is 0.246 e. The van der Waals surface area contributed by atoms with Gasteiger partial charge in [-0.3, -0.25) is 52.7 Å². The molecule has 3 aromatic carbocycles. The number of fused-ring (bicyclic) bond motifs is 2. The number of benzene rings is 3. The minimum absolute atomic E-state index is 0.0141. The van der Waals surface area contributed by atoms with Gasteiger partial charge < -0.3 is 69.1 Å². The van der Waals surface area contributed by atoms with Crippen LogP contribution in [0.2, 0.25) is 0 Å². The normalized spacial score (nSPS) is 24.8. The highest BCUT2D eigenvalue weighted by atomic mass is 16.2. The van der Waals surface area contributed by atoms with E-state index in [0.29, 0.717) is 29.7 Å². The van der Waals surface area contributed by atoms with E-state index >= 15 is 4.79 Å². The van der Waals surface area contributed by atoms with Crippen LogP contribution in [0.3, 0.4) is 0 Å². The van der Waals surface area contributed by atoms with Gasteiger partial charge in [-0.25, -0.2) is 0 Å². The van der Waals surface area contributed by atoms with Crippen LogP contribution < -0.4 is 59.3 Å². The van der Waals surface area contributed by atoms with Crippen molar-refractivity contribution in [2.24, 2.45) is 35.1 Å². The van der Waals surface area contributed by atoms with Crippen LogP contribution in [-0.2, 0) is 72.0 Å². The van der Waals surface area contributed by atoms with Crippen LogP contribution >= 0.6 is 0 Å². The van der Waals surface area contributed by atoms with Gasteiger partial charge in [0.2, 0.25) is 65.0 Å². The highest BCUT2D eigenvalue weighted by Crippen LogP contribution is 2.24. The second-order valence-corrected chi connectivity index (χ2v) is 26.1. The third-order valence-electron chi connectivity index (χ3n) is 16.9. The lowest BCUT2D eigenvalue weighted by Gasteiger charge is -2.33. The Kier molecular flexibility index (Phi) is 28.1. The molecule has 6 rings (SSSR count). The fraction of sp³-hybridized carbons (Fsp3) is 0.574. The zero-order valence-electron chi connectivity index (χ0n) is 54.7. The molecule has 3 heterocycles. The largest absolute Gasteiger partial charge is 0.343 e. The molecule has 0 unspecified atom stereocenters. The van der Waals surface area contributed by atoms with Crippen molar-refractivity contribution in [3.05, 3.63) is 102 Å². The Morgan fingerprint density at radius 3 is 1.18 bits per heavy atom. The minimum atomic E-state index is -1.34. The molecule has 3 aromatic rings. The molecule has 92 heavy (non-hydrogen) atoms. The lowest BCUT2D eigenvalue weighted by molar-refractivity contribution is -0.143. The fourth-order valence-corrected chi connectivity index (χ4v) is 12.0. The molecule has 3 saturated heterocycles. The van der Waals surface area contributed by atoms with Crippen molar-refractivity contribution in [1.82, 2.24) is 52.3 Å². The lowest BCUT2D eigenvalue weighted by Crippen LogP contribution is -2.62. The van der Waals surface area contributed by atoms with Gasteiger partial charge in [-0.2, -0.15) is 0 Å². The second-order valence-electron chi connectivity index (χ2n) is 26.1. The molecule has 24 heteroatoms. The summed E-state index contributed by atoms with van der Waals surface area (Å²) in [6.45, 7) is 14.8. The number of hydrogen-bond acceptors (Lipinski definition) is 13. The van der Waals surface area contributed by atoms with Gasteiger partial charge in [0.1, 0.15) is 60.4 Å². The molecule has 3 aliphatic heterocycles. The van der Waals surface area contributed by atoms with Gasteiger partial charge in [0.15, 0.2) is 0 Å². The van der Waals surface area contributed by atoms with Gasteiger partial charge in [-0.05, 0) is 130 Å². The molecule has 0 spiro atoms. The van der Waals surface area contributed by atoms with Gasteiger partial charge in [-0.15, -0.1) is 0 Å². The van der Waals surface area contributed by atoms with Crippen LogP contribution in [0.5, 0.6) is 0 Å². The van der Waals surface area contributed by atoms with E-state index in [2.05, 4.69) is 47.9 Å². The predicted molar refractivity (Wildman–Crippen MR) is 349 cm³/mol. The average molecular weight is 1270 g/mol. The van der Waals surface area contributed by atoms with Crippen molar-refractivity contribution in [3.63, 3.8) is 0 Å². The van der Waals surface area contributed by atoms with Crippen LogP contribution in [-0.4, -0.2) is 161 Å². The number of amides is 11. The molecule has 0 aliphatic carbocycles. The maximum atomic E-state index is 15.2. The fourth-order valence-electron chi connectivity index (χ4n) is 12.0. The molecule has 24 nitrogen and oxygen atoms in total. The Morgan fingerprint density at radius 2 is 0.804 bits per heavy atom. The van der Waals surface area contributed by atoms with Crippen LogP contribution in [0, 0.1) is 23.7 Å². The molecule has 0 bridgehead atoms. The number of hydrogen-bond donors (Lipinski definition) is 11. The van der Waals surface area contributed by atoms with Gasteiger partial charge in [-0.1, -0.05) is 128 Å². The molecular formula is C68H99N13O11. The molecule has 0 radical (unpaired) electrons. The zero-order valence-corrected chi connectivity index (χ0v) is 54.7. The number of nitrogens with zero attached hydrogens (tertiary/aromatic N) is 2. The molecule has 502 valence electrons. The van der Waals surface area contributed by atoms with Crippen LogP contribution in [0.1, 0.15) is 136 Å². The first-order chi connectivity index (χ1) is 43.9. The molecular weight excluding hydrogens is 1170 g/mol. The highest BCUT2D eigenvalue weighted by Gasteiger charge is 2.43. The summed E-state index contributed by atoms with van der Waals surface area (Å²) in [5.74, 6) is -8.46. The number of nitrogens with two attached hydrogens (primary N) is 2. The molecule has 11 amide bonds. The Morgan fingerprint density at radius 1 is 0.446 bits per heavy atom. The molecule has 3 aliphatic rings. The first-order valence-corrected chi connectivity index (χ1v) is 32.8. The van der Waals surface area contributed by atoms with E-state index in [9.17, 15) is 47.9 Å². The van der Waals surface area contributed by atoms with Crippen molar-refractivity contribution in [3.8, 4) is 0 Å². The molecule has 0 saturated carbocycles. The summed E-state index contributed by atoms with van der Waals surface area (Å²) in [5, 5.41) is 25.8. The van der Waals surface area contributed by atoms with E-state index in [4.69, 9.17) is 11.5 Å². The first kappa shape index (κ1) is 72.8. The van der Waals surface area contributed by atoms with Crippen molar-refractivity contribution in [2.45, 2.75) is 199 Å².